The molecular weight excluding hydrogens is 256 g/mol. The first-order valence-corrected chi connectivity index (χ1v) is 7.67. The molecule has 0 amide bonds. The topological polar surface area (TPSA) is 77.9 Å². The average molecular weight is 278 g/mol. The van der Waals surface area contributed by atoms with Gasteiger partial charge in [0.1, 0.15) is 0 Å². The van der Waals surface area contributed by atoms with Gasteiger partial charge in [-0.3, -0.25) is 4.79 Å². The van der Waals surface area contributed by atoms with Crippen LogP contribution in [0, 0.1) is 0 Å². The monoisotopic (exact) mass is 278 g/mol. The van der Waals surface area contributed by atoms with Crippen molar-refractivity contribution < 1.29 is 18.3 Å². The summed E-state index contributed by atoms with van der Waals surface area (Å²) in [5.41, 5.74) is 0. The molecule has 0 aromatic heterocycles. The van der Waals surface area contributed by atoms with Crippen LogP contribution in [0.4, 0.5) is 0 Å². The van der Waals surface area contributed by atoms with Crippen molar-refractivity contribution in [3.8, 4) is 0 Å². The van der Waals surface area contributed by atoms with Gasteiger partial charge in [0, 0.05) is 25.7 Å². The molecule has 1 saturated heterocycles. The molecule has 0 spiro atoms. The standard InChI is InChI=1S/C11H22N2O4S/c1-4-10-6-5-9(2)13(10)18(16,17)12(3)8-7-11(14)15/h9-10H,4-8H2,1-3H3,(H,14,15). The Kier molecular flexibility index (Phi) is 5.12. The molecule has 2 unspecified atom stereocenters. The van der Waals surface area contributed by atoms with E-state index in [-0.39, 0.29) is 25.0 Å². The van der Waals surface area contributed by atoms with Gasteiger partial charge in [0.25, 0.3) is 10.2 Å². The van der Waals surface area contributed by atoms with Gasteiger partial charge in [-0.15, -0.1) is 0 Å². The van der Waals surface area contributed by atoms with Crippen LogP contribution in [0.5, 0.6) is 0 Å². The largest absolute Gasteiger partial charge is 0.481 e. The Bertz CT molecular complexity index is 396. The van der Waals surface area contributed by atoms with Crippen LogP contribution in [-0.2, 0) is 15.0 Å². The van der Waals surface area contributed by atoms with E-state index in [2.05, 4.69) is 0 Å². The molecule has 0 bridgehead atoms. The van der Waals surface area contributed by atoms with E-state index in [1.54, 1.807) is 0 Å². The molecule has 7 heteroatoms. The summed E-state index contributed by atoms with van der Waals surface area (Å²) in [7, 11) is -2.10. The summed E-state index contributed by atoms with van der Waals surface area (Å²) in [5.74, 6) is -0.987. The Morgan fingerprint density at radius 3 is 2.56 bits per heavy atom. The summed E-state index contributed by atoms with van der Waals surface area (Å²) >= 11 is 0. The van der Waals surface area contributed by atoms with Crippen molar-refractivity contribution in [1.29, 1.82) is 0 Å². The van der Waals surface area contributed by atoms with Gasteiger partial charge in [0.2, 0.25) is 0 Å². The number of aliphatic carboxylic acids is 1. The third kappa shape index (κ3) is 3.21. The minimum atomic E-state index is -3.54. The number of carbonyl (C=O) groups is 1. The lowest BCUT2D eigenvalue weighted by Crippen LogP contribution is -2.47. The number of rotatable bonds is 6. The minimum absolute atomic E-state index is 0.00720. The highest BCUT2D eigenvalue weighted by Crippen LogP contribution is 2.30. The van der Waals surface area contributed by atoms with Crippen LogP contribution in [0.1, 0.15) is 39.5 Å². The summed E-state index contributed by atoms with van der Waals surface area (Å²) in [6.07, 6.45) is 2.36. The van der Waals surface area contributed by atoms with E-state index in [1.807, 2.05) is 13.8 Å². The molecule has 18 heavy (non-hydrogen) atoms. The Morgan fingerprint density at radius 2 is 2.06 bits per heavy atom. The van der Waals surface area contributed by atoms with Crippen LogP contribution >= 0.6 is 0 Å². The predicted molar refractivity (Wildman–Crippen MR) is 68.4 cm³/mol. The first-order valence-electron chi connectivity index (χ1n) is 6.27. The molecule has 1 fully saturated rings. The number of carboxylic acids is 1. The van der Waals surface area contributed by atoms with E-state index in [0.29, 0.717) is 0 Å². The van der Waals surface area contributed by atoms with Gasteiger partial charge in [0.15, 0.2) is 0 Å². The average Bonchev–Trinajstić information content (AvgIpc) is 2.67. The molecule has 0 saturated carbocycles. The van der Waals surface area contributed by atoms with Gasteiger partial charge >= 0.3 is 5.97 Å². The zero-order valence-electron chi connectivity index (χ0n) is 11.2. The highest BCUT2D eigenvalue weighted by atomic mass is 32.2. The van der Waals surface area contributed by atoms with Gasteiger partial charge in [0.05, 0.1) is 6.42 Å². The maximum absolute atomic E-state index is 12.4. The lowest BCUT2D eigenvalue weighted by Gasteiger charge is -2.31. The number of hydrogen-bond acceptors (Lipinski definition) is 3. The molecule has 0 aromatic carbocycles. The SMILES string of the molecule is CCC1CCC(C)N1S(=O)(=O)N(C)CCC(=O)O. The molecule has 1 aliphatic heterocycles. The second kappa shape index (κ2) is 5.99. The normalized spacial score (nSPS) is 25.8. The van der Waals surface area contributed by atoms with Crippen molar-refractivity contribution in [3.63, 3.8) is 0 Å². The molecule has 2 atom stereocenters. The Balaban J connectivity index is 2.81. The Hall–Kier alpha value is -0.660. The van der Waals surface area contributed by atoms with Crippen LogP contribution in [0.2, 0.25) is 0 Å². The van der Waals surface area contributed by atoms with E-state index in [1.165, 1.54) is 11.4 Å². The van der Waals surface area contributed by atoms with Crippen LogP contribution in [0.15, 0.2) is 0 Å². The highest BCUT2D eigenvalue weighted by Gasteiger charge is 2.40. The first kappa shape index (κ1) is 15.4. The third-order valence-corrected chi connectivity index (χ3v) is 5.65. The third-order valence-electron chi connectivity index (χ3n) is 3.48. The van der Waals surface area contributed by atoms with E-state index < -0.39 is 16.2 Å². The molecule has 106 valence electrons. The number of hydrogen-bond donors (Lipinski definition) is 1. The van der Waals surface area contributed by atoms with Crippen molar-refractivity contribution >= 4 is 16.2 Å². The maximum atomic E-state index is 12.4. The molecule has 0 aliphatic carbocycles. The van der Waals surface area contributed by atoms with Crippen LogP contribution in [-0.4, -0.2) is 53.8 Å². The summed E-state index contributed by atoms with van der Waals surface area (Å²) in [6.45, 7) is 3.89. The highest BCUT2D eigenvalue weighted by molar-refractivity contribution is 7.86. The van der Waals surface area contributed by atoms with E-state index in [4.69, 9.17) is 5.11 Å². The molecule has 6 nitrogen and oxygen atoms in total. The minimum Gasteiger partial charge on any atom is -0.481 e. The summed E-state index contributed by atoms with van der Waals surface area (Å²) in [5, 5.41) is 8.61. The number of nitrogens with zero attached hydrogens (tertiary/aromatic N) is 2. The molecule has 1 N–H and O–H groups in total. The fourth-order valence-corrected chi connectivity index (χ4v) is 4.21. The second-order valence-electron chi connectivity index (χ2n) is 4.79. The summed E-state index contributed by atoms with van der Waals surface area (Å²) in [4.78, 5) is 10.5. The molecular formula is C11H22N2O4S. The maximum Gasteiger partial charge on any atom is 0.304 e. The molecule has 1 rings (SSSR count). The zero-order chi connectivity index (χ0) is 13.9. The van der Waals surface area contributed by atoms with Gasteiger partial charge in [-0.05, 0) is 26.2 Å². The predicted octanol–water partition coefficient (Wildman–Crippen LogP) is 0.901. The van der Waals surface area contributed by atoms with E-state index in [0.717, 1.165) is 23.6 Å². The molecule has 0 radical (unpaired) electrons. The van der Waals surface area contributed by atoms with Crippen LogP contribution < -0.4 is 0 Å². The molecule has 0 aromatic rings. The lowest BCUT2D eigenvalue weighted by atomic mass is 10.2. The van der Waals surface area contributed by atoms with Gasteiger partial charge in [-0.1, -0.05) is 6.92 Å². The van der Waals surface area contributed by atoms with Gasteiger partial charge in [-0.25, -0.2) is 0 Å². The van der Waals surface area contributed by atoms with Crippen molar-refractivity contribution in [1.82, 2.24) is 8.61 Å². The van der Waals surface area contributed by atoms with Crippen molar-refractivity contribution in [2.75, 3.05) is 13.6 Å². The second-order valence-corrected chi connectivity index (χ2v) is 6.73. The number of carboxylic acid groups (broad SMARTS) is 1. The summed E-state index contributed by atoms with van der Waals surface area (Å²) < 4.78 is 27.4. The fourth-order valence-electron chi connectivity index (χ4n) is 2.38. The van der Waals surface area contributed by atoms with E-state index in [9.17, 15) is 13.2 Å². The zero-order valence-corrected chi connectivity index (χ0v) is 12.0. The van der Waals surface area contributed by atoms with Crippen molar-refractivity contribution in [3.05, 3.63) is 0 Å². The Morgan fingerprint density at radius 1 is 1.44 bits per heavy atom. The smallest absolute Gasteiger partial charge is 0.304 e. The van der Waals surface area contributed by atoms with E-state index >= 15 is 0 Å². The van der Waals surface area contributed by atoms with Crippen molar-refractivity contribution in [2.45, 2.75) is 51.6 Å². The van der Waals surface area contributed by atoms with Gasteiger partial charge in [-0.2, -0.15) is 17.0 Å². The molecule has 1 heterocycles. The van der Waals surface area contributed by atoms with Crippen LogP contribution in [0.3, 0.4) is 0 Å². The first-order chi connectivity index (χ1) is 8.30. The summed E-state index contributed by atoms with van der Waals surface area (Å²) in [6, 6.07) is 0.0320. The van der Waals surface area contributed by atoms with Crippen LogP contribution in [0.25, 0.3) is 0 Å². The molecule has 1 aliphatic rings. The Labute approximate surface area is 109 Å². The lowest BCUT2D eigenvalue weighted by molar-refractivity contribution is -0.137. The fraction of sp³-hybridized carbons (Fsp3) is 0.909. The van der Waals surface area contributed by atoms with Gasteiger partial charge < -0.3 is 5.11 Å². The van der Waals surface area contributed by atoms with Crippen molar-refractivity contribution in [2.24, 2.45) is 0 Å². The quantitative estimate of drug-likeness (QED) is 0.783.